The molecule has 0 saturated heterocycles. The summed E-state index contributed by atoms with van der Waals surface area (Å²) in [6, 6.07) is 3.59. The molecule has 0 aliphatic rings. The second-order valence-electron chi connectivity index (χ2n) is 4.50. The van der Waals surface area contributed by atoms with Gasteiger partial charge in [0.1, 0.15) is 11.4 Å². The van der Waals surface area contributed by atoms with E-state index in [-0.39, 0.29) is 12.5 Å². The van der Waals surface area contributed by atoms with Gasteiger partial charge in [0.05, 0.1) is 7.11 Å². The topological polar surface area (TPSA) is 39.4 Å². The second kappa shape index (κ2) is 4.96. The van der Waals surface area contributed by atoms with Gasteiger partial charge < -0.3 is 9.47 Å². The van der Waals surface area contributed by atoms with Gasteiger partial charge in [0.15, 0.2) is 12.4 Å². The van der Waals surface area contributed by atoms with Crippen molar-refractivity contribution in [2.24, 2.45) is 0 Å². The van der Waals surface area contributed by atoms with Crippen LogP contribution in [0.4, 0.5) is 0 Å². The van der Waals surface area contributed by atoms with Crippen LogP contribution in [0.25, 0.3) is 0 Å². The van der Waals surface area contributed by atoms with E-state index in [0.29, 0.717) is 0 Å². The van der Waals surface area contributed by atoms with Crippen LogP contribution in [0.1, 0.15) is 20.8 Å². The molecule has 0 aromatic carbocycles. The van der Waals surface area contributed by atoms with Gasteiger partial charge in [-0.15, -0.1) is 0 Å². The molecule has 4 nitrogen and oxygen atoms in total. The molecule has 0 saturated carbocycles. The lowest BCUT2D eigenvalue weighted by molar-refractivity contribution is -0.686. The highest BCUT2D eigenvalue weighted by molar-refractivity contribution is 5.68. The van der Waals surface area contributed by atoms with Crippen LogP contribution in [-0.4, -0.2) is 18.7 Å². The van der Waals surface area contributed by atoms with Crippen LogP contribution in [0.2, 0.25) is 0 Å². The summed E-state index contributed by atoms with van der Waals surface area (Å²) in [5.74, 6) is 0.517. The zero-order valence-corrected chi connectivity index (χ0v) is 10.2. The fraction of sp³-hybridized carbons (Fsp3) is 0.500. The lowest BCUT2D eigenvalue weighted by Crippen LogP contribution is -2.40. The number of hydrogen-bond acceptors (Lipinski definition) is 3. The van der Waals surface area contributed by atoms with Crippen molar-refractivity contribution in [1.82, 2.24) is 0 Å². The van der Waals surface area contributed by atoms with Crippen molar-refractivity contribution < 1.29 is 18.8 Å². The Morgan fingerprint density at radius 3 is 2.31 bits per heavy atom. The summed E-state index contributed by atoms with van der Waals surface area (Å²) >= 11 is 0. The molecule has 0 spiro atoms. The molecule has 0 aliphatic carbocycles. The van der Waals surface area contributed by atoms with Crippen LogP contribution in [0.5, 0.6) is 5.75 Å². The summed E-state index contributed by atoms with van der Waals surface area (Å²) < 4.78 is 12.0. The number of aromatic nitrogens is 1. The zero-order chi connectivity index (χ0) is 12.2. The minimum Gasteiger partial charge on any atom is -0.496 e. The van der Waals surface area contributed by atoms with E-state index in [2.05, 4.69) is 0 Å². The van der Waals surface area contributed by atoms with E-state index < -0.39 is 5.60 Å². The largest absolute Gasteiger partial charge is 0.496 e. The maximum atomic E-state index is 11.5. The number of hydrogen-bond donors (Lipinski definition) is 0. The Morgan fingerprint density at radius 1 is 1.31 bits per heavy atom. The van der Waals surface area contributed by atoms with Crippen molar-refractivity contribution in [3.63, 3.8) is 0 Å². The predicted octanol–water partition coefficient (Wildman–Crippen LogP) is 1.32. The van der Waals surface area contributed by atoms with Crippen LogP contribution in [-0.2, 0) is 16.1 Å². The highest BCUT2D eigenvalue weighted by atomic mass is 16.6. The molecule has 88 valence electrons. The number of methoxy groups -OCH3 is 1. The lowest BCUT2D eigenvalue weighted by Gasteiger charge is -2.18. The molecule has 0 N–H and O–H groups in total. The Balaban J connectivity index is 2.56. The summed E-state index contributed by atoms with van der Waals surface area (Å²) in [6.45, 7) is 5.76. The van der Waals surface area contributed by atoms with E-state index in [1.54, 1.807) is 36.2 Å². The van der Waals surface area contributed by atoms with Gasteiger partial charge in [-0.3, -0.25) is 0 Å². The van der Waals surface area contributed by atoms with Crippen molar-refractivity contribution >= 4 is 5.97 Å². The van der Waals surface area contributed by atoms with Crippen molar-refractivity contribution in [3.05, 3.63) is 24.5 Å². The first-order chi connectivity index (χ1) is 7.40. The summed E-state index contributed by atoms with van der Waals surface area (Å²) in [4.78, 5) is 11.5. The highest BCUT2D eigenvalue weighted by Crippen LogP contribution is 2.07. The maximum absolute atomic E-state index is 11.5. The molecule has 0 unspecified atom stereocenters. The van der Waals surface area contributed by atoms with Gasteiger partial charge in [0.2, 0.25) is 6.54 Å². The Kier molecular flexibility index (Phi) is 3.88. The molecular weight excluding hydrogens is 206 g/mol. The van der Waals surface area contributed by atoms with Crippen molar-refractivity contribution in [2.45, 2.75) is 32.9 Å². The van der Waals surface area contributed by atoms with E-state index in [0.717, 1.165) is 5.75 Å². The Labute approximate surface area is 95.8 Å². The molecule has 0 fully saturated rings. The van der Waals surface area contributed by atoms with E-state index >= 15 is 0 Å². The summed E-state index contributed by atoms with van der Waals surface area (Å²) in [5, 5.41) is 0. The van der Waals surface area contributed by atoms with Crippen molar-refractivity contribution in [1.29, 1.82) is 0 Å². The number of carbonyl (C=O) groups is 1. The minimum absolute atomic E-state index is 0.210. The van der Waals surface area contributed by atoms with E-state index in [4.69, 9.17) is 9.47 Å². The van der Waals surface area contributed by atoms with Gasteiger partial charge >= 0.3 is 5.97 Å². The Hall–Kier alpha value is -1.58. The molecular formula is C12H18NO3+. The van der Waals surface area contributed by atoms with Crippen LogP contribution >= 0.6 is 0 Å². The molecule has 1 aromatic rings. The highest BCUT2D eigenvalue weighted by Gasteiger charge is 2.19. The average molecular weight is 224 g/mol. The minimum atomic E-state index is -0.440. The Bertz CT molecular complexity index is 352. The van der Waals surface area contributed by atoms with Crippen LogP contribution in [0, 0.1) is 0 Å². The third-order valence-electron chi connectivity index (χ3n) is 1.83. The summed E-state index contributed by atoms with van der Waals surface area (Å²) in [7, 11) is 1.60. The van der Waals surface area contributed by atoms with Gasteiger partial charge in [-0.1, -0.05) is 0 Å². The molecule has 1 rings (SSSR count). The number of pyridine rings is 1. The standard InChI is InChI=1S/C12H18NO3/c1-12(2,3)16-11(14)9-13-7-5-10(15-4)6-8-13/h5-8H,9H2,1-4H3/q+1. The summed E-state index contributed by atoms with van der Waals surface area (Å²) in [5.41, 5.74) is -0.440. The monoisotopic (exact) mass is 224 g/mol. The molecule has 4 heteroatoms. The van der Waals surface area contributed by atoms with Crippen molar-refractivity contribution in [2.75, 3.05) is 7.11 Å². The van der Waals surface area contributed by atoms with E-state index in [1.807, 2.05) is 20.8 Å². The quantitative estimate of drug-likeness (QED) is 0.574. The second-order valence-corrected chi connectivity index (χ2v) is 4.50. The summed E-state index contributed by atoms with van der Waals surface area (Å²) in [6.07, 6.45) is 3.56. The molecule has 1 heterocycles. The maximum Gasteiger partial charge on any atom is 0.373 e. The van der Waals surface area contributed by atoms with Crippen LogP contribution < -0.4 is 9.30 Å². The molecule has 0 radical (unpaired) electrons. The van der Waals surface area contributed by atoms with Gasteiger partial charge in [-0.25, -0.2) is 4.79 Å². The van der Waals surface area contributed by atoms with Crippen molar-refractivity contribution in [3.8, 4) is 5.75 Å². The predicted molar refractivity (Wildman–Crippen MR) is 59.0 cm³/mol. The SMILES string of the molecule is COc1cc[n+](CC(=O)OC(C)(C)C)cc1. The number of carbonyl (C=O) groups excluding carboxylic acids is 1. The Morgan fingerprint density at radius 2 is 1.88 bits per heavy atom. The van der Waals surface area contributed by atoms with E-state index in [9.17, 15) is 4.79 Å². The van der Waals surface area contributed by atoms with Gasteiger partial charge in [-0.2, -0.15) is 4.57 Å². The number of ether oxygens (including phenoxy) is 2. The third kappa shape index (κ3) is 4.29. The molecule has 0 aliphatic heterocycles. The first kappa shape index (κ1) is 12.5. The fourth-order valence-corrected chi connectivity index (χ4v) is 1.21. The lowest BCUT2D eigenvalue weighted by atomic mass is 10.2. The molecule has 0 amide bonds. The van der Waals surface area contributed by atoms with Crippen LogP contribution in [0.3, 0.4) is 0 Å². The van der Waals surface area contributed by atoms with Gasteiger partial charge in [-0.05, 0) is 20.8 Å². The molecule has 16 heavy (non-hydrogen) atoms. The molecule has 0 bridgehead atoms. The van der Waals surface area contributed by atoms with Crippen LogP contribution in [0.15, 0.2) is 24.5 Å². The van der Waals surface area contributed by atoms with E-state index in [1.165, 1.54) is 0 Å². The number of nitrogens with zero attached hydrogens (tertiary/aromatic N) is 1. The smallest absolute Gasteiger partial charge is 0.373 e. The number of rotatable bonds is 3. The van der Waals surface area contributed by atoms with Gasteiger partial charge in [0, 0.05) is 12.1 Å². The van der Waals surface area contributed by atoms with Gasteiger partial charge in [0.25, 0.3) is 0 Å². The first-order valence-electron chi connectivity index (χ1n) is 5.15. The molecule has 0 atom stereocenters. The average Bonchev–Trinajstić information content (AvgIpc) is 2.16. The fourth-order valence-electron chi connectivity index (χ4n) is 1.21. The third-order valence-corrected chi connectivity index (χ3v) is 1.83. The first-order valence-corrected chi connectivity index (χ1v) is 5.15. The normalized spacial score (nSPS) is 11.0. The zero-order valence-electron chi connectivity index (χ0n) is 10.2. The molecule has 1 aromatic heterocycles. The number of esters is 1.